The van der Waals surface area contributed by atoms with E-state index in [0.29, 0.717) is 13.0 Å². The fraction of sp³-hybridized carbons (Fsp3) is 0.500. The van der Waals surface area contributed by atoms with E-state index in [4.69, 9.17) is 9.47 Å². The van der Waals surface area contributed by atoms with Gasteiger partial charge in [0.2, 0.25) is 0 Å². The second-order valence-electron chi connectivity index (χ2n) is 8.25. The first-order valence-corrected chi connectivity index (χ1v) is 9.59. The van der Waals surface area contributed by atoms with Gasteiger partial charge in [-0.1, -0.05) is 0 Å². The first kappa shape index (κ1) is 21.4. The van der Waals surface area contributed by atoms with Gasteiger partial charge in [0.05, 0.1) is 17.0 Å². The number of hydrogen-bond acceptors (Lipinski definition) is 7. The summed E-state index contributed by atoms with van der Waals surface area (Å²) in [5.41, 5.74) is -1.00. The minimum absolute atomic E-state index is 0.0399. The summed E-state index contributed by atoms with van der Waals surface area (Å²) in [6.45, 7) is 5.27. The van der Waals surface area contributed by atoms with E-state index in [0.717, 1.165) is 11.0 Å². The molecule has 0 radical (unpaired) electrons. The van der Waals surface area contributed by atoms with Crippen molar-refractivity contribution in [2.45, 2.75) is 46.4 Å². The van der Waals surface area contributed by atoms with Gasteiger partial charge in [-0.05, 0) is 33.6 Å². The summed E-state index contributed by atoms with van der Waals surface area (Å²) in [6, 6.07) is 2.28. The van der Waals surface area contributed by atoms with E-state index in [2.05, 4.69) is 4.98 Å². The molecule has 0 aliphatic carbocycles. The first-order chi connectivity index (χ1) is 14.1. The van der Waals surface area contributed by atoms with Crippen LogP contribution in [0, 0.1) is 5.41 Å². The van der Waals surface area contributed by atoms with E-state index < -0.39 is 23.0 Å². The van der Waals surface area contributed by atoms with Crippen LogP contribution in [0.1, 0.15) is 33.6 Å². The van der Waals surface area contributed by atoms with Gasteiger partial charge < -0.3 is 24.6 Å². The lowest BCUT2D eigenvalue weighted by atomic mass is 9.98. The molecule has 1 aliphatic rings. The lowest BCUT2D eigenvalue weighted by molar-refractivity contribution is -0.157. The number of likely N-dealkylation sites (tertiary alicyclic amines) is 1. The van der Waals surface area contributed by atoms with Crippen molar-refractivity contribution in [2.75, 3.05) is 13.2 Å². The quantitative estimate of drug-likeness (QED) is 0.705. The van der Waals surface area contributed by atoms with Gasteiger partial charge in [-0.25, -0.2) is 9.78 Å². The van der Waals surface area contributed by atoms with Gasteiger partial charge in [0.15, 0.2) is 6.73 Å². The highest BCUT2D eigenvalue weighted by molar-refractivity contribution is 5.85. The highest BCUT2D eigenvalue weighted by atomic mass is 16.5. The number of fused-ring (bicyclic) bond motifs is 1. The van der Waals surface area contributed by atoms with Gasteiger partial charge in [0.1, 0.15) is 29.8 Å². The molecule has 1 saturated heterocycles. The molecule has 0 spiro atoms. The number of ether oxygens (including phenoxy) is 2. The monoisotopic (exact) mass is 419 g/mol. The Kier molecular flexibility index (Phi) is 5.86. The number of esters is 1. The van der Waals surface area contributed by atoms with E-state index in [1.807, 2.05) is 0 Å². The number of benzene rings is 1. The lowest BCUT2D eigenvalue weighted by Crippen LogP contribution is -2.38. The first-order valence-electron chi connectivity index (χ1n) is 9.59. The highest BCUT2D eigenvalue weighted by Gasteiger charge is 2.29. The van der Waals surface area contributed by atoms with Crippen molar-refractivity contribution in [1.82, 2.24) is 14.5 Å². The summed E-state index contributed by atoms with van der Waals surface area (Å²) >= 11 is 0. The van der Waals surface area contributed by atoms with Crippen LogP contribution in [0.4, 0.5) is 4.79 Å². The largest absolute Gasteiger partial charge is 0.508 e. The van der Waals surface area contributed by atoms with Gasteiger partial charge in [0.25, 0.3) is 5.56 Å². The molecule has 2 N–H and O–H groups in total. The van der Waals surface area contributed by atoms with Gasteiger partial charge >= 0.3 is 12.1 Å². The van der Waals surface area contributed by atoms with E-state index in [1.54, 1.807) is 20.8 Å². The van der Waals surface area contributed by atoms with Crippen LogP contribution in [0.25, 0.3) is 10.9 Å². The number of carbonyl (C=O) groups is 2. The smallest absolute Gasteiger partial charge is 0.407 e. The van der Waals surface area contributed by atoms with Crippen LogP contribution < -0.4 is 10.3 Å². The molecule has 2 heterocycles. The predicted octanol–water partition coefficient (Wildman–Crippen LogP) is 2.17. The van der Waals surface area contributed by atoms with Crippen molar-refractivity contribution in [3.8, 4) is 11.5 Å². The number of phenols is 1. The van der Waals surface area contributed by atoms with E-state index in [9.17, 15) is 24.6 Å². The van der Waals surface area contributed by atoms with Crippen LogP contribution in [0.2, 0.25) is 0 Å². The summed E-state index contributed by atoms with van der Waals surface area (Å²) in [6.07, 6.45) is 1.59. The van der Waals surface area contributed by atoms with Gasteiger partial charge in [-0.3, -0.25) is 14.2 Å². The average molecular weight is 419 g/mol. The third kappa shape index (κ3) is 4.47. The molecule has 10 heteroatoms. The standard InChI is InChI=1S/C20H25N3O7/c1-20(2,3)18(26)30-11-22-10-21-14-7-13(24)8-15(16(14)17(22)25)29-9-12-5-4-6-23(12)19(27)28/h7-8,10,12,24H,4-6,9,11H2,1-3H3,(H,27,28)/t12-/m1/s1. The molecule has 0 unspecified atom stereocenters. The fourth-order valence-electron chi connectivity index (χ4n) is 3.23. The number of phenolic OH excluding ortho intramolecular Hbond substituents is 1. The number of hydrogen-bond donors (Lipinski definition) is 2. The van der Waals surface area contributed by atoms with Crippen LogP contribution in [0.15, 0.2) is 23.3 Å². The molecule has 3 rings (SSSR count). The van der Waals surface area contributed by atoms with Crippen LogP contribution in [0.3, 0.4) is 0 Å². The van der Waals surface area contributed by atoms with E-state index >= 15 is 0 Å². The number of rotatable bonds is 5. The van der Waals surface area contributed by atoms with Crippen LogP contribution in [0.5, 0.6) is 11.5 Å². The number of aromatic hydroxyl groups is 1. The Morgan fingerprint density at radius 1 is 1.30 bits per heavy atom. The summed E-state index contributed by atoms with van der Waals surface area (Å²) in [7, 11) is 0. The van der Waals surface area contributed by atoms with Gasteiger partial charge in [-0.15, -0.1) is 0 Å². The zero-order chi connectivity index (χ0) is 22.1. The zero-order valence-corrected chi connectivity index (χ0v) is 17.1. The Morgan fingerprint density at radius 2 is 2.03 bits per heavy atom. The molecule has 1 aliphatic heterocycles. The Hall–Kier alpha value is -3.30. The van der Waals surface area contributed by atoms with Crippen molar-refractivity contribution in [1.29, 1.82) is 0 Å². The lowest BCUT2D eigenvalue weighted by Gasteiger charge is -2.22. The van der Waals surface area contributed by atoms with Crippen LogP contribution >= 0.6 is 0 Å². The van der Waals surface area contributed by atoms with E-state index in [1.165, 1.54) is 23.4 Å². The molecule has 0 saturated carbocycles. The molecule has 30 heavy (non-hydrogen) atoms. The molecule has 0 bridgehead atoms. The van der Waals surface area contributed by atoms with Crippen molar-refractivity contribution in [2.24, 2.45) is 5.41 Å². The van der Waals surface area contributed by atoms with E-state index in [-0.39, 0.29) is 41.8 Å². The van der Waals surface area contributed by atoms with Crippen LogP contribution in [-0.2, 0) is 16.3 Å². The average Bonchev–Trinajstić information content (AvgIpc) is 3.13. The molecule has 1 aromatic carbocycles. The van der Waals surface area contributed by atoms with Gasteiger partial charge in [0, 0.05) is 18.7 Å². The molecule has 1 amide bonds. The molecule has 1 aromatic heterocycles. The summed E-state index contributed by atoms with van der Waals surface area (Å²) < 4.78 is 12.1. The Morgan fingerprint density at radius 3 is 2.70 bits per heavy atom. The molecule has 162 valence electrons. The normalized spacial score (nSPS) is 16.6. The maximum Gasteiger partial charge on any atom is 0.407 e. The number of carboxylic acid groups (broad SMARTS) is 1. The van der Waals surface area contributed by atoms with Gasteiger partial charge in [-0.2, -0.15) is 0 Å². The second-order valence-corrected chi connectivity index (χ2v) is 8.25. The third-order valence-corrected chi connectivity index (χ3v) is 4.88. The fourth-order valence-corrected chi connectivity index (χ4v) is 3.23. The Bertz CT molecular complexity index is 1030. The minimum atomic E-state index is -1.02. The number of carbonyl (C=O) groups excluding carboxylic acids is 1. The molecule has 1 atom stereocenters. The maximum absolute atomic E-state index is 13.0. The SMILES string of the molecule is CC(C)(C)C(=O)OCn1cnc2cc(O)cc(OC[C@H]3CCCN3C(=O)O)c2c1=O. The molecular weight excluding hydrogens is 394 g/mol. The second kappa shape index (κ2) is 8.21. The summed E-state index contributed by atoms with van der Waals surface area (Å²) in [5, 5.41) is 19.3. The third-order valence-electron chi connectivity index (χ3n) is 4.88. The molecule has 1 fully saturated rings. The number of nitrogens with zero attached hydrogens (tertiary/aromatic N) is 3. The Labute approximate surface area is 172 Å². The molecule has 10 nitrogen and oxygen atoms in total. The van der Waals surface area contributed by atoms with Crippen molar-refractivity contribution < 1.29 is 29.3 Å². The minimum Gasteiger partial charge on any atom is -0.508 e. The Balaban J connectivity index is 1.87. The zero-order valence-electron chi connectivity index (χ0n) is 17.1. The van der Waals surface area contributed by atoms with Crippen molar-refractivity contribution in [3.63, 3.8) is 0 Å². The van der Waals surface area contributed by atoms with Crippen molar-refractivity contribution >= 4 is 23.0 Å². The topological polar surface area (TPSA) is 131 Å². The molecular formula is C20H25N3O7. The van der Waals surface area contributed by atoms with Crippen LogP contribution in [-0.4, -0.2) is 55.9 Å². The number of aromatic nitrogens is 2. The maximum atomic E-state index is 13.0. The molecule has 2 aromatic rings. The van der Waals surface area contributed by atoms with Crippen molar-refractivity contribution in [3.05, 3.63) is 28.8 Å². The highest BCUT2D eigenvalue weighted by Crippen LogP contribution is 2.28. The summed E-state index contributed by atoms with van der Waals surface area (Å²) in [5.74, 6) is -0.509. The predicted molar refractivity (Wildman–Crippen MR) is 106 cm³/mol. The number of amides is 1. The summed E-state index contributed by atoms with van der Waals surface area (Å²) in [4.78, 5) is 41.7.